The third kappa shape index (κ3) is 4.24. The number of piperazine rings is 1. The van der Waals surface area contributed by atoms with E-state index in [1.807, 2.05) is 13.8 Å². The van der Waals surface area contributed by atoms with E-state index >= 15 is 4.39 Å². The molecule has 0 bridgehead atoms. The lowest BCUT2D eigenvalue weighted by atomic mass is 9.75. The molecule has 2 aromatic rings. The van der Waals surface area contributed by atoms with Gasteiger partial charge in [-0.15, -0.1) is 0 Å². The van der Waals surface area contributed by atoms with Gasteiger partial charge in [0.25, 0.3) is 0 Å². The van der Waals surface area contributed by atoms with Crippen LogP contribution in [0.5, 0.6) is 0 Å². The Morgan fingerprint density at radius 1 is 1.08 bits per heavy atom. The minimum atomic E-state index is -1.50. The van der Waals surface area contributed by atoms with Crippen LogP contribution in [0.2, 0.25) is 0 Å². The van der Waals surface area contributed by atoms with E-state index < -0.39 is 17.1 Å². The Balaban J connectivity index is 1.37. The number of likely N-dealkylation sites (tertiary alicyclic amines) is 1. The van der Waals surface area contributed by atoms with Crippen molar-refractivity contribution in [1.82, 2.24) is 19.8 Å². The largest absolute Gasteiger partial charge is 0.352 e. The number of carbonyl (C=O) groups excluding carboxylic acids is 3. The molecule has 8 nitrogen and oxygen atoms in total. The number of imide groups is 1. The summed E-state index contributed by atoms with van der Waals surface area (Å²) in [6, 6.07) is 5.89. The second-order valence-electron chi connectivity index (χ2n) is 10.2. The van der Waals surface area contributed by atoms with Gasteiger partial charge in [-0.05, 0) is 32.8 Å². The molecule has 0 N–H and O–H groups in total. The van der Waals surface area contributed by atoms with Gasteiger partial charge in [-0.3, -0.25) is 24.3 Å². The van der Waals surface area contributed by atoms with Crippen LogP contribution in [0.3, 0.4) is 0 Å². The van der Waals surface area contributed by atoms with Gasteiger partial charge in [0.1, 0.15) is 11.6 Å². The summed E-state index contributed by atoms with van der Waals surface area (Å²) < 4.78 is 15.1. The summed E-state index contributed by atoms with van der Waals surface area (Å²) in [6.07, 6.45) is 4.79. The fourth-order valence-electron chi connectivity index (χ4n) is 5.95. The first-order chi connectivity index (χ1) is 17.3. The lowest BCUT2D eigenvalue weighted by molar-refractivity contribution is -0.144. The van der Waals surface area contributed by atoms with Gasteiger partial charge < -0.3 is 9.80 Å². The number of amides is 3. The van der Waals surface area contributed by atoms with E-state index in [4.69, 9.17) is 0 Å². The zero-order chi connectivity index (χ0) is 25.4. The minimum Gasteiger partial charge on any atom is -0.352 e. The highest BCUT2D eigenvalue weighted by molar-refractivity contribution is 6.11. The Kier molecular flexibility index (Phi) is 6.49. The zero-order valence-electron chi connectivity index (χ0n) is 20.9. The molecule has 1 atom stereocenters. The molecule has 3 aliphatic rings. The van der Waals surface area contributed by atoms with E-state index in [2.05, 4.69) is 14.9 Å². The Labute approximate surface area is 210 Å². The molecule has 3 amide bonds. The van der Waals surface area contributed by atoms with Crippen LogP contribution in [0.4, 0.5) is 10.2 Å². The molecule has 0 spiro atoms. The average molecular weight is 494 g/mol. The normalized spacial score (nSPS) is 23.1. The molecular weight excluding hydrogens is 461 g/mol. The topological polar surface area (TPSA) is 86.7 Å². The van der Waals surface area contributed by atoms with E-state index in [0.29, 0.717) is 26.2 Å². The van der Waals surface area contributed by atoms with Gasteiger partial charge in [0.05, 0.1) is 16.8 Å². The molecule has 3 heterocycles. The molecule has 2 aliphatic heterocycles. The van der Waals surface area contributed by atoms with Crippen LogP contribution in [-0.2, 0) is 19.8 Å². The molecule has 9 heteroatoms. The smallest absolute Gasteiger partial charge is 0.241 e. The molecule has 1 aliphatic carbocycles. The molecule has 5 rings (SSSR count). The molecular formula is C27H32FN5O3. The number of hydrogen-bond acceptors (Lipinski definition) is 6. The fourth-order valence-corrected chi connectivity index (χ4v) is 5.95. The standard InChI is InChI=1S/C27H32FN5O3/c1-18-17-29-19(2)25(30-18)32-13-11-31(12-14-32)23(34)15-27(21-9-5-6-10-22(21)28)16-24(35)33(26(27)36)20-7-3-4-8-20/h5-6,9-10,17,20H,3-4,7-8,11-16H2,1-2H3. The van der Waals surface area contributed by atoms with E-state index in [1.54, 1.807) is 29.3 Å². The van der Waals surface area contributed by atoms with Crippen molar-refractivity contribution in [2.24, 2.45) is 0 Å². The molecule has 0 radical (unpaired) electrons. The Morgan fingerprint density at radius 3 is 2.47 bits per heavy atom. The van der Waals surface area contributed by atoms with Gasteiger partial charge in [-0.2, -0.15) is 0 Å². The first kappa shape index (κ1) is 24.3. The molecule has 1 saturated carbocycles. The van der Waals surface area contributed by atoms with Crippen LogP contribution in [0, 0.1) is 19.7 Å². The van der Waals surface area contributed by atoms with Crippen molar-refractivity contribution in [2.75, 3.05) is 31.1 Å². The number of nitrogens with zero attached hydrogens (tertiary/aromatic N) is 5. The summed E-state index contributed by atoms with van der Waals surface area (Å²) in [5, 5.41) is 0. The monoisotopic (exact) mass is 493 g/mol. The van der Waals surface area contributed by atoms with Crippen molar-refractivity contribution in [2.45, 2.75) is 63.8 Å². The maximum Gasteiger partial charge on any atom is 0.241 e. The predicted molar refractivity (Wildman–Crippen MR) is 132 cm³/mol. The van der Waals surface area contributed by atoms with Gasteiger partial charge in [0.2, 0.25) is 17.7 Å². The fraction of sp³-hybridized carbons (Fsp3) is 0.519. The third-order valence-electron chi connectivity index (χ3n) is 7.86. The van der Waals surface area contributed by atoms with Gasteiger partial charge in [0, 0.05) is 56.8 Å². The summed E-state index contributed by atoms with van der Waals surface area (Å²) in [5.41, 5.74) is 0.303. The summed E-state index contributed by atoms with van der Waals surface area (Å²) in [4.78, 5) is 54.7. The van der Waals surface area contributed by atoms with E-state index in [-0.39, 0.29) is 36.3 Å². The number of carbonyl (C=O) groups is 3. The maximum absolute atomic E-state index is 15.1. The second-order valence-corrected chi connectivity index (χ2v) is 10.2. The van der Waals surface area contributed by atoms with Crippen molar-refractivity contribution in [1.29, 1.82) is 0 Å². The first-order valence-electron chi connectivity index (χ1n) is 12.7. The Hall–Kier alpha value is -3.36. The summed E-state index contributed by atoms with van der Waals surface area (Å²) >= 11 is 0. The van der Waals surface area contributed by atoms with Gasteiger partial charge in [-0.1, -0.05) is 31.0 Å². The third-order valence-corrected chi connectivity index (χ3v) is 7.86. The quantitative estimate of drug-likeness (QED) is 0.596. The molecule has 36 heavy (non-hydrogen) atoms. The van der Waals surface area contributed by atoms with Crippen LogP contribution in [0.25, 0.3) is 0 Å². The van der Waals surface area contributed by atoms with Crippen LogP contribution in [-0.4, -0.2) is 69.7 Å². The summed E-state index contributed by atoms with van der Waals surface area (Å²) in [6.45, 7) is 5.88. The van der Waals surface area contributed by atoms with Gasteiger partial charge >= 0.3 is 0 Å². The van der Waals surface area contributed by atoms with Crippen molar-refractivity contribution in [3.8, 4) is 0 Å². The summed E-state index contributed by atoms with van der Waals surface area (Å²) in [7, 11) is 0. The van der Waals surface area contributed by atoms with Crippen molar-refractivity contribution >= 4 is 23.5 Å². The average Bonchev–Trinajstić information content (AvgIpc) is 3.47. The van der Waals surface area contributed by atoms with Gasteiger partial charge in [0.15, 0.2) is 0 Å². The number of benzene rings is 1. The van der Waals surface area contributed by atoms with Crippen molar-refractivity contribution in [3.05, 3.63) is 53.2 Å². The SMILES string of the molecule is Cc1cnc(C)c(N2CCN(C(=O)CC3(c4ccccc4F)CC(=O)N(C4CCCC4)C3=O)CC2)n1. The lowest BCUT2D eigenvalue weighted by Crippen LogP contribution is -2.52. The van der Waals surface area contributed by atoms with Crippen LogP contribution < -0.4 is 4.90 Å². The highest BCUT2D eigenvalue weighted by Crippen LogP contribution is 2.44. The number of rotatable bonds is 5. The molecule has 3 fully saturated rings. The lowest BCUT2D eigenvalue weighted by Gasteiger charge is -2.37. The zero-order valence-corrected chi connectivity index (χ0v) is 20.9. The highest BCUT2D eigenvalue weighted by atomic mass is 19.1. The first-order valence-corrected chi connectivity index (χ1v) is 12.7. The molecule has 1 aromatic heterocycles. The van der Waals surface area contributed by atoms with E-state index in [1.165, 1.54) is 11.0 Å². The molecule has 1 unspecified atom stereocenters. The van der Waals surface area contributed by atoms with Crippen LogP contribution in [0.15, 0.2) is 30.5 Å². The number of aryl methyl sites for hydroxylation is 2. The summed E-state index contributed by atoms with van der Waals surface area (Å²) in [5.74, 6) is -0.713. The number of halogens is 1. The van der Waals surface area contributed by atoms with Crippen molar-refractivity contribution in [3.63, 3.8) is 0 Å². The highest BCUT2D eigenvalue weighted by Gasteiger charge is 2.56. The van der Waals surface area contributed by atoms with Gasteiger partial charge in [-0.25, -0.2) is 9.37 Å². The molecule has 1 aromatic carbocycles. The van der Waals surface area contributed by atoms with E-state index in [0.717, 1.165) is 42.9 Å². The van der Waals surface area contributed by atoms with Crippen LogP contribution in [0.1, 0.15) is 55.5 Å². The van der Waals surface area contributed by atoms with Crippen molar-refractivity contribution < 1.29 is 18.8 Å². The second kappa shape index (κ2) is 9.59. The number of anilines is 1. The number of hydrogen-bond donors (Lipinski definition) is 0. The van der Waals surface area contributed by atoms with Crippen LogP contribution >= 0.6 is 0 Å². The number of aromatic nitrogens is 2. The Bertz CT molecular complexity index is 1190. The predicted octanol–water partition coefficient (Wildman–Crippen LogP) is 2.91. The molecule has 2 saturated heterocycles. The molecule has 190 valence electrons. The Morgan fingerprint density at radius 2 is 1.78 bits per heavy atom. The van der Waals surface area contributed by atoms with E-state index in [9.17, 15) is 14.4 Å². The minimum absolute atomic E-state index is 0.140. The maximum atomic E-state index is 15.1.